The van der Waals surface area contributed by atoms with Crippen molar-refractivity contribution in [1.82, 2.24) is 9.80 Å². The van der Waals surface area contributed by atoms with Crippen molar-refractivity contribution in [2.45, 2.75) is 38.1 Å². The maximum atomic E-state index is 13.5. The smallest absolute Gasteiger partial charge is 0.229 e. The predicted octanol–water partition coefficient (Wildman–Crippen LogP) is 3.34. The zero-order valence-corrected chi connectivity index (χ0v) is 16.9. The molecule has 3 rings (SSSR count). The maximum Gasteiger partial charge on any atom is 0.229 e. The third kappa shape index (κ3) is 4.44. The van der Waals surface area contributed by atoms with Crippen molar-refractivity contribution in [2.75, 3.05) is 40.4 Å². The third-order valence-corrected chi connectivity index (χ3v) is 6.44. The Bertz CT molecular complexity index is 576. The summed E-state index contributed by atoms with van der Waals surface area (Å²) in [5.74, 6) is 0.313. The lowest BCUT2D eigenvalue weighted by Crippen LogP contribution is -2.52. The summed E-state index contributed by atoms with van der Waals surface area (Å²) in [4.78, 5) is 17.9. The van der Waals surface area contributed by atoms with Crippen molar-refractivity contribution in [2.24, 2.45) is 5.41 Å². The number of hydrogen-bond acceptors (Lipinski definition) is 3. The first kappa shape index (κ1) is 18.9. The summed E-state index contributed by atoms with van der Waals surface area (Å²) in [7, 11) is 4.17. The van der Waals surface area contributed by atoms with E-state index in [-0.39, 0.29) is 5.41 Å². The summed E-state index contributed by atoms with van der Waals surface area (Å²) >= 11 is 3.49. The van der Waals surface area contributed by atoms with E-state index in [1.54, 1.807) is 0 Å². The highest BCUT2D eigenvalue weighted by Gasteiger charge is 2.43. The lowest BCUT2D eigenvalue weighted by atomic mass is 9.73. The van der Waals surface area contributed by atoms with Crippen molar-refractivity contribution < 1.29 is 9.53 Å². The van der Waals surface area contributed by atoms with Crippen LogP contribution in [0.5, 0.6) is 0 Å². The van der Waals surface area contributed by atoms with Gasteiger partial charge in [-0.3, -0.25) is 4.79 Å². The Morgan fingerprint density at radius 1 is 1.24 bits per heavy atom. The molecule has 2 aliphatic rings. The topological polar surface area (TPSA) is 32.8 Å². The van der Waals surface area contributed by atoms with Crippen LogP contribution in [0.2, 0.25) is 0 Å². The molecule has 5 heteroatoms. The van der Waals surface area contributed by atoms with Crippen LogP contribution < -0.4 is 0 Å². The number of rotatable bonds is 4. The summed E-state index contributed by atoms with van der Waals surface area (Å²) in [6, 6.07) is 8.75. The van der Waals surface area contributed by atoms with E-state index in [2.05, 4.69) is 57.0 Å². The number of halogens is 1. The first-order valence-electron chi connectivity index (χ1n) is 9.28. The molecule has 2 fully saturated rings. The van der Waals surface area contributed by atoms with Gasteiger partial charge in [0.2, 0.25) is 5.91 Å². The molecular weight excluding hydrogens is 380 g/mol. The summed E-state index contributed by atoms with van der Waals surface area (Å²) in [5, 5.41) is 0. The van der Waals surface area contributed by atoms with Crippen molar-refractivity contribution >= 4 is 21.8 Å². The highest BCUT2D eigenvalue weighted by Crippen LogP contribution is 2.37. The van der Waals surface area contributed by atoms with Crippen LogP contribution in [0.4, 0.5) is 0 Å². The Balaban J connectivity index is 1.76. The third-order valence-electron chi connectivity index (χ3n) is 5.92. The minimum absolute atomic E-state index is 0.313. The summed E-state index contributed by atoms with van der Waals surface area (Å²) in [6.45, 7) is 3.52. The van der Waals surface area contributed by atoms with E-state index >= 15 is 0 Å². The average molecular weight is 409 g/mol. The molecule has 0 N–H and O–H groups in total. The van der Waals surface area contributed by atoms with Gasteiger partial charge in [-0.1, -0.05) is 28.1 Å². The van der Waals surface area contributed by atoms with Crippen LogP contribution in [-0.2, 0) is 16.0 Å². The molecule has 0 aliphatic carbocycles. The number of benzene rings is 1. The molecule has 1 amide bonds. The van der Waals surface area contributed by atoms with Crippen LogP contribution in [0.3, 0.4) is 0 Å². The van der Waals surface area contributed by atoms with Gasteiger partial charge >= 0.3 is 0 Å². The summed E-state index contributed by atoms with van der Waals surface area (Å²) in [6.07, 6.45) is 4.59. The van der Waals surface area contributed by atoms with Gasteiger partial charge in [-0.15, -0.1) is 0 Å². The Hall–Kier alpha value is -0.910. The highest BCUT2D eigenvalue weighted by atomic mass is 79.9. The van der Waals surface area contributed by atoms with Crippen LogP contribution in [0.25, 0.3) is 0 Å². The van der Waals surface area contributed by atoms with Gasteiger partial charge in [0.05, 0.1) is 5.41 Å². The van der Waals surface area contributed by atoms with E-state index in [1.165, 1.54) is 5.56 Å². The zero-order valence-electron chi connectivity index (χ0n) is 15.3. The van der Waals surface area contributed by atoms with Gasteiger partial charge in [0.1, 0.15) is 0 Å². The van der Waals surface area contributed by atoms with Crippen LogP contribution >= 0.6 is 15.9 Å². The Kier molecular flexibility index (Phi) is 6.18. The number of hydrogen-bond donors (Lipinski definition) is 0. The fraction of sp³-hybridized carbons (Fsp3) is 0.650. The Labute approximate surface area is 159 Å². The minimum atomic E-state index is -0.315. The quantitative estimate of drug-likeness (QED) is 0.765. The number of piperidine rings is 1. The summed E-state index contributed by atoms with van der Waals surface area (Å²) in [5.41, 5.74) is 0.916. The van der Waals surface area contributed by atoms with E-state index in [9.17, 15) is 4.79 Å². The first-order valence-corrected chi connectivity index (χ1v) is 10.1. The number of ether oxygens (including phenoxy) is 1. The van der Waals surface area contributed by atoms with Crippen LogP contribution in [0, 0.1) is 5.41 Å². The van der Waals surface area contributed by atoms with Crippen LogP contribution in [0.15, 0.2) is 28.7 Å². The molecule has 25 heavy (non-hydrogen) atoms. The number of nitrogens with zero attached hydrogens (tertiary/aromatic N) is 2. The second kappa shape index (κ2) is 8.19. The number of amides is 1. The second-order valence-electron chi connectivity index (χ2n) is 7.65. The Morgan fingerprint density at radius 3 is 2.44 bits per heavy atom. The number of carbonyl (C=O) groups excluding carboxylic acids is 1. The number of carbonyl (C=O) groups is 1. The van der Waals surface area contributed by atoms with Gasteiger partial charge < -0.3 is 14.5 Å². The molecule has 0 radical (unpaired) electrons. The van der Waals surface area contributed by atoms with E-state index in [1.807, 2.05) is 7.05 Å². The normalized spacial score (nSPS) is 21.9. The fourth-order valence-corrected chi connectivity index (χ4v) is 4.41. The standard InChI is InChI=1S/C20H29BrN2O2/c1-22-11-7-18(8-12-22)23(2)19(24)20(9-13-25-14-10-20)15-16-3-5-17(21)6-4-16/h3-6,18H,7-15H2,1-2H3. The molecule has 0 aromatic heterocycles. The molecule has 1 aromatic rings. The maximum absolute atomic E-state index is 13.5. The molecule has 2 heterocycles. The molecule has 1 aromatic carbocycles. The van der Waals surface area contributed by atoms with E-state index in [0.29, 0.717) is 25.2 Å². The molecule has 2 saturated heterocycles. The molecule has 138 valence electrons. The molecule has 0 spiro atoms. The van der Waals surface area contributed by atoms with E-state index in [0.717, 1.165) is 49.7 Å². The SMILES string of the molecule is CN1CCC(N(C)C(=O)C2(Cc3ccc(Br)cc3)CCOCC2)CC1. The molecule has 4 nitrogen and oxygen atoms in total. The van der Waals surface area contributed by atoms with Gasteiger partial charge in [-0.25, -0.2) is 0 Å². The zero-order chi connectivity index (χ0) is 17.9. The predicted molar refractivity (Wildman–Crippen MR) is 104 cm³/mol. The molecule has 0 saturated carbocycles. The van der Waals surface area contributed by atoms with Crippen molar-refractivity contribution in [3.05, 3.63) is 34.3 Å². The second-order valence-corrected chi connectivity index (χ2v) is 8.56. The van der Waals surface area contributed by atoms with Gasteiger partial charge in [0.15, 0.2) is 0 Å². The van der Waals surface area contributed by atoms with Gasteiger partial charge in [-0.05, 0) is 69.9 Å². The molecule has 0 unspecified atom stereocenters. The minimum Gasteiger partial charge on any atom is -0.381 e. The summed E-state index contributed by atoms with van der Waals surface area (Å²) < 4.78 is 6.66. The van der Waals surface area contributed by atoms with Gasteiger partial charge in [0.25, 0.3) is 0 Å². The van der Waals surface area contributed by atoms with Gasteiger partial charge in [-0.2, -0.15) is 0 Å². The first-order chi connectivity index (χ1) is 12.0. The molecular formula is C20H29BrN2O2. The lowest BCUT2D eigenvalue weighted by molar-refractivity contribution is -0.149. The average Bonchev–Trinajstić information content (AvgIpc) is 2.64. The monoisotopic (exact) mass is 408 g/mol. The molecule has 2 aliphatic heterocycles. The number of likely N-dealkylation sites (tertiary alicyclic amines) is 1. The van der Waals surface area contributed by atoms with Crippen molar-refractivity contribution in [3.8, 4) is 0 Å². The van der Waals surface area contributed by atoms with Crippen LogP contribution in [0.1, 0.15) is 31.2 Å². The Morgan fingerprint density at radius 2 is 1.84 bits per heavy atom. The van der Waals surface area contributed by atoms with E-state index in [4.69, 9.17) is 4.74 Å². The van der Waals surface area contributed by atoms with E-state index < -0.39 is 0 Å². The lowest BCUT2D eigenvalue weighted by Gasteiger charge is -2.43. The molecule has 0 atom stereocenters. The molecule has 0 bridgehead atoms. The van der Waals surface area contributed by atoms with Crippen LogP contribution in [-0.4, -0.2) is 62.1 Å². The highest BCUT2D eigenvalue weighted by molar-refractivity contribution is 9.10. The fourth-order valence-electron chi connectivity index (χ4n) is 4.14. The van der Waals surface area contributed by atoms with Crippen molar-refractivity contribution in [3.63, 3.8) is 0 Å². The van der Waals surface area contributed by atoms with Crippen molar-refractivity contribution in [1.29, 1.82) is 0 Å². The van der Waals surface area contributed by atoms with Gasteiger partial charge in [0, 0.05) is 30.8 Å². The largest absolute Gasteiger partial charge is 0.381 e.